The maximum atomic E-state index is 14.9. The van der Waals surface area contributed by atoms with Gasteiger partial charge in [-0.15, -0.1) is 0 Å². The van der Waals surface area contributed by atoms with E-state index in [4.69, 9.17) is 9.47 Å². The van der Waals surface area contributed by atoms with Crippen LogP contribution in [0.15, 0.2) is 36.4 Å². The summed E-state index contributed by atoms with van der Waals surface area (Å²) in [4.78, 5) is 0. The Kier molecular flexibility index (Phi) is 8.74. The third-order valence-corrected chi connectivity index (χ3v) is 7.39. The van der Waals surface area contributed by atoms with E-state index >= 15 is 0 Å². The lowest BCUT2D eigenvalue weighted by Gasteiger charge is -2.42. The first-order valence-corrected chi connectivity index (χ1v) is 12.7. The van der Waals surface area contributed by atoms with Crippen molar-refractivity contribution in [1.29, 1.82) is 0 Å². The SMILES string of the molecule is C/C=C/COc1c(F)cc(C#Cc2c(F)cc(C3CCC4CC(OCC)CCC4C3)cc2F)cc1F. The van der Waals surface area contributed by atoms with Gasteiger partial charge in [0.15, 0.2) is 17.4 Å². The molecule has 0 N–H and O–H groups in total. The first kappa shape index (κ1) is 26.3. The van der Waals surface area contributed by atoms with Gasteiger partial charge in [-0.1, -0.05) is 24.0 Å². The Hall–Kier alpha value is -2.78. The normalized spacial score (nSPS) is 23.7. The number of fused-ring (bicyclic) bond motifs is 1. The highest BCUT2D eigenvalue weighted by molar-refractivity contribution is 5.47. The highest BCUT2D eigenvalue weighted by atomic mass is 19.1. The van der Waals surface area contributed by atoms with Crippen LogP contribution in [0.3, 0.4) is 0 Å². The number of ether oxygens (including phenoxy) is 2. The molecule has 6 heteroatoms. The minimum atomic E-state index is -0.925. The van der Waals surface area contributed by atoms with Crippen LogP contribution in [-0.2, 0) is 4.74 Å². The summed E-state index contributed by atoms with van der Waals surface area (Å²) in [6.07, 6.45) is 9.71. The predicted molar refractivity (Wildman–Crippen MR) is 132 cm³/mol. The summed E-state index contributed by atoms with van der Waals surface area (Å²) < 4.78 is 69.2. The maximum Gasteiger partial charge on any atom is 0.191 e. The summed E-state index contributed by atoms with van der Waals surface area (Å²) >= 11 is 0. The van der Waals surface area contributed by atoms with Crippen LogP contribution in [0.2, 0.25) is 0 Å². The lowest BCUT2D eigenvalue weighted by atomic mass is 9.65. The Morgan fingerprint density at radius 2 is 1.53 bits per heavy atom. The van der Waals surface area contributed by atoms with Crippen LogP contribution in [-0.4, -0.2) is 19.3 Å². The van der Waals surface area contributed by atoms with Crippen LogP contribution in [0.5, 0.6) is 5.75 Å². The molecule has 0 bridgehead atoms. The van der Waals surface area contributed by atoms with E-state index in [-0.39, 0.29) is 18.1 Å². The minimum absolute atomic E-state index is 0.0221. The van der Waals surface area contributed by atoms with Crippen LogP contribution in [0.4, 0.5) is 17.6 Å². The van der Waals surface area contributed by atoms with Gasteiger partial charge in [0.05, 0.1) is 11.7 Å². The molecule has 2 aliphatic carbocycles. The fraction of sp³-hybridized carbons (Fsp3) is 0.467. The molecule has 2 saturated carbocycles. The molecule has 2 aliphatic rings. The van der Waals surface area contributed by atoms with Crippen molar-refractivity contribution < 1.29 is 27.0 Å². The Bertz CT molecular complexity index is 1120. The van der Waals surface area contributed by atoms with Gasteiger partial charge in [0.2, 0.25) is 0 Å². The zero-order valence-electron chi connectivity index (χ0n) is 20.8. The molecule has 4 atom stereocenters. The third kappa shape index (κ3) is 6.13. The lowest BCUT2D eigenvalue weighted by Crippen LogP contribution is -2.33. The molecule has 2 nitrogen and oxygen atoms in total. The van der Waals surface area contributed by atoms with E-state index in [0.717, 1.165) is 57.3 Å². The molecule has 36 heavy (non-hydrogen) atoms. The Labute approximate surface area is 210 Å². The van der Waals surface area contributed by atoms with Crippen LogP contribution in [0.25, 0.3) is 0 Å². The van der Waals surface area contributed by atoms with Crippen LogP contribution >= 0.6 is 0 Å². The summed E-state index contributed by atoms with van der Waals surface area (Å²) in [7, 11) is 0. The monoisotopic (exact) mass is 500 g/mol. The maximum absolute atomic E-state index is 14.9. The van der Waals surface area contributed by atoms with Gasteiger partial charge in [-0.2, -0.15) is 0 Å². The summed E-state index contributed by atoms with van der Waals surface area (Å²) in [5.41, 5.74) is 0.215. The van der Waals surface area contributed by atoms with E-state index in [1.165, 1.54) is 12.1 Å². The standard InChI is InChI=1S/C30H32F4O2/c1-3-5-12-36-30-28(33)13-19(14-29(30)34)6-11-25-26(31)17-23(18-27(25)32)21-7-8-22-16-24(35-4-2)10-9-20(22)15-21/h3,5,13-14,17-18,20-22,24H,4,7-10,12,15-16H2,1-2H3/b5-3+. The molecule has 192 valence electrons. The van der Waals surface area contributed by atoms with Gasteiger partial charge in [-0.05, 0) is 100.0 Å². The molecule has 2 aromatic carbocycles. The molecule has 0 spiro atoms. The van der Waals surface area contributed by atoms with Gasteiger partial charge in [0.1, 0.15) is 18.2 Å². The minimum Gasteiger partial charge on any atom is -0.483 e. The fourth-order valence-corrected chi connectivity index (χ4v) is 5.62. The average Bonchev–Trinajstić information content (AvgIpc) is 2.85. The van der Waals surface area contributed by atoms with E-state index in [9.17, 15) is 17.6 Å². The second-order valence-corrected chi connectivity index (χ2v) is 9.68. The van der Waals surface area contributed by atoms with Gasteiger partial charge in [-0.3, -0.25) is 0 Å². The van der Waals surface area contributed by atoms with Crippen LogP contribution < -0.4 is 4.74 Å². The summed E-state index contributed by atoms with van der Waals surface area (Å²) in [6.45, 7) is 4.54. The zero-order valence-corrected chi connectivity index (χ0v) is 20.8. The van der Waals surface area contributed by atoms with E-state index in [1.807, 2.05) is 6.92 Å². The summed E-state index contributed by atoms with van der Waals surface area (Å²) in [6, 6.07) is 4.71. The van der Waals surface area contributed by atoms with Crippen molar-refractivity contribution >= 4 is 0 Å². The first-order chi connectivity index (χ1) is 17.4. The van der Waals surface area contributed by atoms with Gasteiger partial charge in [0.25, 0.3) is 0 Å². The van der Waals surface area contributed by atoms with Crippen molar-refractivity contribution in [3.63, 3.8) is 0 Å². The summed E-state index contributed by atoms with van der Waals surface area (Å²) in [5, 5.41) is 0. The second-order valence-electron chi connectivity index (χ2n) is 9.68. The molecule has 2 aromatic rings. The van der Waals surface area contributed by atoms with E-state index in [0.29, 0.717) is 23.5 Å². The highest BCUT2D eigenvalue weighted by Crippen LogP contribution is 2.47. The molecule has 0 amide bonds. The number of allylic oxidation sites excluding steroid dienone is 1. The zero-order chi connectivity index (χ0) is 25.7. The second kappa shape index (κ2) is 12.0. The molecule has 4 unspecified atom stereocenters. The number of hydrogen-bond donors (Lipinski definition) is 0. The van der Waals surface area contributed by atoms with Crippen molar-refractivity contribution in [2.75, 3.05) is 13.2 Å². The largest absolute Gasteiger partial charge is 0.483 e. The van der Waals surface area contributed by atoms with Crippen molar-refractivity contribution in [3.8, 4) is 17.6 Å². The Balaban J connectivity index is 1.47. The smallest absolute Gasteiger partial charge is 0.191 e. The number of hydrogen-bond acceptors (Lipinski definition) is 2. The Morgan fingerprint density at radius 1 is 0.861 bits per heavy atom. The molecule has 2 fully saturated rings. The highest BCUT2D eigenvalue weighted by Gasteiger charge is 2.36. The topological polar surface area (TPSA) is 18.5 Å². The molecule has 4 rings (SSSR count). The van der Waals surface area contributed by atoms with Crippen molar-refractivity contribution in [2.45, 2.75) is 64.4 Å². The molecule has 0 heterocycles. The molecular weight excluding hydrogens is 468 g/mol. The van der Waals surface area contributed by atoms with E-state index < -0.39 is 34.6 Å². The lowest BCUT2D eigenvalue weighted by molar-refractivity contribution is -0.00957. The van der Waals surface area contributed by atoms with Gasteiger partial charge < -0.3 is 9.47 Å². The third-order valence-electron chi connectivity index (χ3n) is 7.39. The van der Waals surface area contributed by atoms with Crippen LogP contribution in [0, 0.1) is 46.9 Å². The van der Waals surface area contributed by atoms with E-state index in [2.05, 4.69) is 11.8 Å². The van der Waals surface area contributed by atoms with Gasteiger partial charge in [0, 0.05) is 12.2 Å². The average molecular weight is 501 g/mol. The number of benzene rings is 2. The van der Waals surface area contributed by atoms with Crippen LogP contribution in [0.1, 0.15) is 75.0 Å². The van der Waals surface area contributed by atoms with Crippen molar-refractivity contribution in [2.24, 2.45) is 11.8 Å². The predicted octanol–water partition coefficient (Wildman–Crippen LogP) is 7.69. The molecule has 0 saturated heterocycles. The van der Waals surface area contributed by atoms with E-state index in [1.54, 1.807) is 19.1 Å². The molecular formula is C30H32F4O2. The number of rotatable bonds is 6. The quantitative estimate of drug-likeness (QED) is 0.230. The molecule has 0 aromatic heterocycles. The molecule has 0 aliphatic heterocycles. The Morgan fingerprint density at radius 3 is 2.19 bits per heavy atom. The molecule has 0 radical (unpaired) electrons. The van der Waals surface area contributed by atoms with Gasteiger partial charge >= 0.3 is 0 Å². The van der Waals surface area contributed by atoms with Gasteiger partial charge in [-0.25, -0.2) is 17.6 Å². The van der Waals surface area contributed by atoms with Crippen molar-refractivity contribution in [3.05, 3.63) is 76.4 Å². The fourth-order valence-electron chi connectivity index (χ4n) is 5.62. The van der Waals surface area contributed by atoms with Crippen molar-refractivity contribution in [1.82, 2.24) is 0 Å². The number of halogens is 4. The summed E-state index contributed by atoms with van der Waals surface area (Å²) in [5.74, 6) is 2.30. The first-order valence-electron chi connectivity index (χ1n) is 12.7.